The summed E-state index contributed by atoms with van der Waals surface area (Å²) in [7, 11) is 0. The molecule has 0 unspecified atom stereocenters. The molecule has 8 amide bonds. The van der Waals surface area contributed by atoms with Crippen molar-refractivity contribution in [2.24, 2.45) is 11.5 Å². The molecule has 0 rings (SSSR count). The highest BCUT2D eigenvalue weighted by Gasteiger charge is 2.23. The highest BCUT2D eigenvalue weighted by molar-refractivity contribution is 5.95. The number of hydrogen-bond acceptors (Lipinski definition) is 10. The maximum Gasteiger partial charge on any atom is 0.322 e. The van der Waals surface area contributed by atoms with E-state index in [9.17, 15) is 43.2 Å². The van der Waals surface area contributed by atoms with Gasteiger partial charge in [-0.05, 0) is 0 Å². The van der Waals surface area contributed by atoms with Crippen molar-refractivity contribution in [1.82, 2.24) is 37.2 Å². The maximum absolute atomic E-state index is 12.3. The third-order valence-corrected chi connectivity index (χ3v) is 3.89. The number of carbonyl (C=O) groups is 9. The second-order valence-electron chi connectivity index (χ2n) is 6.99. The zero-order chi connectivity index (χ0) is 28.4. The molecule has 1 atom stereocenters. The van der Waals surface area contributed by atoms with Crippen molar-refractivity contribution in [1.29, 1.82) is 0 Å². The van der Waals surface area contributed by atoms with Crippen LogP contribution in [0.1, 0.15) is 6.42 Å². The highest BCUT2D eigenvalue weighted by Crippen LogP contribution is 1.92. The second kappa shape index (κ2) is 17.6. The van der Waals surface area contributed by atoms with Crippen molar-refractivity contribution >= 4 is 53.2 Å². The molecule has 0 radical (unpaired) electrons. The number of rotatable bonds is 17. The lowest BCUT2D eigenvalue weighted by Gasteiger charge is -2.17. The van der Waals surface area contributed by atoms with E-state index in [0.29, 0.717) is 0 Å². The van der Waals surface area contributed by atoms with E-state index in [0.717, 1.165) is 0 Å². The summed E-state index contributed by atoms with van der Waals surface area (Å²) in [5.41, 5.74) is 10.1. The summed E-state index contributed by atoms with van der Waals surface area (Å²) < 4.78 is 0. The number of carbonyl (C=O) groups excluding carboxylic acids is 8. The van der Waals surface area contributed by atoms with Crippen molar-refractivity contribution in [2.75, 3.05) is 45.8 Å². The quantitative estimate of drug-likeness (QED) is 0.0840. The van der Waals surface area contributed by atoms with E-state index < -0.39 is 105 Å². The third-order valence-electron chi connectivity index (χ3n) is 3.89. The number of nitrogens with two attached hydrogens (primary N) is 2. The largest absolute Gasteiger partial charge is 0.480 e. The van der Waals surface area contributed by atoms with Gasteiger partial charge in [0.05, 0.1) is 45.7 Å². The number of primary amides is 1. The van der Waals surface area contributed by atoms with Gasteiger partial charge in [-0.1, -0.05) is 0 Å². The molecule has 0 spiro atoms. The Morgan fingerprint density at radius 1 is 0.568 bits per heavy atom. The summed E-state index contributed by atoms with van der Waals surface area (Å²) in [5.74, 6) is -7.81. The Balaban J connectivity index is 4.49. The molecule has 0 saturated heterocycles. The standard InChI is InChI=1S/C18H29N9O10/c19-2-11(29)21-3-12(30)22-4-13(31)24-7-16(34)27-9(1-10(20)28)18(37)26-6-15(33)23-5-14(32)25-8-17(35)36/h9H,1-8,19H2,(H2,20,28)(H,21,29)(H,22,30)(H,23,33)(H,24,31)(H,25,32)(H,26,37)(H,27,34)(H,35,36)/t9-/m0/s1. The first kappa shape index (κ1) is 32.2. The van der Waals surface area contributed by atoms with Crippen LogP contribution in [0.3, 0.4) is 0 Å². The number of aliphatic carboxylic acids is 1. The number of amides is 8. The van der Waals surface area contributed by atoms with Crippen LogP contribution in [0.25, 0.3) is 0 Å². The Morgan fingerprint density at radius 3 is 1.35 bits per heavy atom. The van der Waals surface area contributed by atoms with Crippen LogP contribution < -0.4 is 48.7 Å². The van der Waals surface area contributed by atoms with Gasteiger partial charge in [0.15, 0.2) is 0 Å². The topological polar surface area (TPSA) is 310 Å². The molecule has 0 aromatic carbocycles. The molecule has 0 bridgehead atoms. The first-order valence-corrected chi connectivity index (χ1v) is 10.4. The molecule has 0 aliphatic heterocycles. The zero-order valence-corrected chi connectivity index (χ0v) is 19.5. The predicted octanol–water partition coefficient (Wildman–Crippen LogP) is -7.91. The van der Waals surface area contributed by atoms with Crippen LogP contribution in [0.2, 0.25) is 0 Å². The minimum Gasteiger partial charge on any atom is -0.480 e. The number of hydrogen-bond donors (Lipinski definition) is 10. The Hall–Kier alpha value is -4.81. The molecule has 0 saturated carbocycles. The fourth-order valence-electron chi connectivity index (χ4n) is 2.16. The Kier molecular flexibility index (Phi) is 15.3. The van der Waals surface area contributed by atoms with Crippen molar-refractivity contribution in [2.45, 2.75) is 12.5 Å². The van der Waals surface area contributed by atoms with Gasteiger partial charge in [-0.3, -0.25) is 43.2 Å². The van der Waals surface area contributed by atoms with Crippen LogP contribution in [0.5, 0.6) is 0 Å². The fourth-order valence-corrected chi connectivity index (χ4v) is 2.16. The lowest BCUT2D eigenvalue weighted by molar-refractivity contribution is -0.138. The summed E-state index contributed by atoms with van der Waals surface area (Å²) >= 11 is 0. The van der Waals surface area contributed by atoms with Crippen LogP contribution >= 0.6 is 0 Å². The van der Waals surface area contributed by atoms with E-state index in [1.54, 1.807) is 0 Å². The number of nitrogens with one attached hydrogen (secondary N) is 7. The molecular weight excluding hydrogens is 502 g/mol. The molecule has 37 heavy (non-hydrogen) atoms. The van der Waals surface area contributed by atoms with E-state index in [1.165, 1.54) is 0 Å². The Morgan fingerprint density at radius 2 is 0.946 bits per heavy atom. The summed E-state index contributed by atoms with van der Waals surface area (Å²) in [6, 6.07) is -1.50. The normalized spacial score (nSPS) is 10.6. The summed E-state index contributed by atoms with van der Waals surface area (Å²) in [6.45, 7) is -3.77. The van der Waals surface area contributed by atoms with E-state index in [2.05, 4.69) is 31.9 Å². The second-order valence-corrected chi connectivity index (χ2v) is 6.99. The molecule has 12 N–H and O–H groups in total. The molecular formula is C18H29N9O10. The molecule has 0 aromatic heterocycles. The van der Waals surface area contributed by atoms with Crippen LogP contribution in [0, 0.1) is 0 Å². The van der Waals surface area contributed by atoms with Crippen LogP contribution in [0.15, 0.2) is 0 Å². The summed E-state index contributed by atoms with van der Waals surface area (Å²) in [6.07, 6.45) is -0.644. The van der Waals surface area contributed by atoms with Gasteiger partial charge in [-0.15, -0.1) is 0 Å². The lowest BCUT2D eigenvalue weighted by Crippen LogP contribution is -2.53. The molecule has 0 fully saturated rings. The Labute approximate surface area is 209 Å². The minimum atomic E-state index is -1.50. The van der Waals surface area contributed by atoms with Crippen molar-refractivity contribution in [3.63, 3.8) is 0 Å². The number of carboxylic acids is 1. The first-order valence-electron chi connectivity index (χ1n) is 10.4. The molecule has 19 nitrogen and oxygen atoms in total. The average Bonchev–Trinajstić information content (AvgIpc) is 2.84. The smallest absolute Gasteiger partial charge is 0.322 e. The molecule has 0 heterocycles. The third kappa shape index (κ3) is 17.3. The van der Waals surface area contributed by atoms with Crippen molar-refractivity contribution in [3.8, 4) is 0 Å². The molecule has 0 aromatic rings. The van der Waals surface area contributed by atoms with Gasteiger partial charge in [-0.2, -0.15) is 0 Å². The molecule has 206 valence electrons. The first-order chi connectivity index (χ1) is 17.3. The highest BCUT2D eigenvalue weighted by atomic mass is 16.4. The van der Waals surface area contributed by atoms with Gasteiger partial charge in [0.2, 0.25) is 47.3 Å². The Bertz CT molecular complexity index is 908. The van der Waals surface area contributed by atoms with Crippen molar-refractivity contribution in [3.05, 3.63) is 0 Å². The van der Waals surface area contributed by atoms with Gasteiger partial charge in [0, 0.05) is 0 Å². The van der Waals surface area contributed by atoms with E-state index in [1.807, 2.05) is 5.32 Å². The molecule has 0 aliphatic rings. The monoisotopic (exact) mass is 531 g/mol. The molecule has 19 heteroatoms. The number of carboxylic acid groups (broad SMARTS) is 1. The van der Waals surface area contributed by atoms with Crippen LogP contribution in [0.4, 0.5) is 0 Å². The molecule has 0 aliphatic carbocycles. The predicted molar refractivity (Wildman–Crippen MR) is 120 cm³/mol. The van der Waals surface area contributed by atoms with Gasteiger partial charge in [0.1, 0.15) is 12.6 Å². The fraction of sp³-hybridized carbons (Fsp3) is 0.500. The van der Waals surface area contributed by atoms with Crippen molar-refractivity contribution < 1.29 is 48.3 Å². The van der Waals surface area contributed by atoms with Gasteiger partial charge in [0.25, 0.3) is 0 Å². The SMILES string of the molecule is NCC(=O)NCC(=O)NCC(=O)NCC(=O)N[C@@H](CC(N)=O)C(=O)NCC(=O)NCC(=O)NCC(=O)O. The van der Waals surface area contributed by atoms with E-state index in [-0.39, 0.29) is 6.54 Å². The zero-order valence-electron chi connectivity index (χ0n) is 19.5. The van der Waals surface area contributed by atoms with Gasteiger partial charge in [-0.25, -0.2) is 0 Å². The van der Waals surface area contributed by atoms with Crippen LogP contribution in [-0.4, -0.2) is 110 Å². The van der Waals surface area contributed by atoms with Gasteiger partial charge >= 0.3 is 5.97 Å². The lowest BCUT2D eigenvalue weighted by atomic mass is 10.2. The maximum atomic E-state index is 12.3. The summed E-state index contributed by atoms with van der Waals surface area (Å²) in [5, 5.41) is 23.3. The minimum absolute atomic E-state index is 0.320. The van der Waals surface area contributed by atoms with E-state index in [4.69, 9.17) is 16.6 Å². The van der Waals surface area contributed by atoms with E-state index >= 15 is 0 Å². The van der Waals surface area contributed by atoms with Crippen LogP contribution in [-0.2, 0) is 43.2 Å². The van der Waals surface area contributed by atoms with Gasteiger partial charge < -0.3 is 53.8 Å². The average molecular weight is 531 g/mol. The summed E-state index contributed by atoms with van der Waals surface area (Å²) in [4.78, 5) is 103.